The molecule has 2 atom stereocenters. The first-order valence-electron chi connectivity index (χ1n) is 10.5. The monoisotopic (exact) mass is 462 g/mol. The Morgan fingerprint density at radius 2 is 1.64 bits per heavy atom. The van der Waals surface area contributed by atoms with Crippen LogP contribution in [0, 0.1) is 0 Å². The molecule has 0 aromatic heterocycles. The predicted octanol–water partition coefficient (Wildman–Crippen LogP) is 1.90. The van der Waals surface area contributed by atoms with Crippen molar-refractivity contribution >= 4 is 11.8 Å². The Hall–Kier alpha value is -3.30. The molecule has 0 spiro atoms. The predicted molar refractivity (Wildman–Crippen MR) is 119 cm³/mol. The van der Waals surface area contributed by atoms with Gasteiger partial charge in [0.2, 0.25) is 0 Å². The summed E-state index contributed by atoms with van der Waals surface area (Å²) in [4.78, 5) is 24.1. The van der Waals surface area contributed by atoms with Gasteiger partial charge in [0.1, 0.15) is 18.5 Å². The van der Waals surface area contributed by atoms with Crippen LogP contribution in [0.2, 0.25) is 0 Å². The quantitative estimate of drug-likeness (QED) is 0.328. The first kappa shape index (κ1) is 26.0. The largest absolute Gasteiger partial charge is 0.504 e. The van der Waals surface area contributed by atoms with Gasteiger partial charge in [-0.25, -0.2) is 0 Å². The number of ether oxygens (including phenoxy) is 3. The number of aromatic hydroxyl groups is 2. The Bertz CT molecular complexity index is 942. The second kappa shape index (κ2) is 12.7. The Morgan fingerprint density at radius 1 is 1.00 bits per heavy atom. The first-order valence-corrected chi connectivity index (χ1v) is 10.5. The SMILES string of the molecule is COc1cc(CCC(=O)C[C@H](OC(C)=O)[C@H](O)Cc2ccc(O)c(OCCO)c2)ccc1O. The number of ketones is 1. The summed E-state index contributed by atoms with van der Waals surface area (Å²) in [5.74, 6) is -0.468. The smallest absolute Gasteiger partial charge is 0.303 e. The van der Waals surface area contributed by atoms with Gasteiger partial charge in [0, 0.05) is 26.2 Å². The van der Waals surface area contributed by atoms with Crippen molar-refractivity contribution in [3.05, 3.63) is 47.5 Å². The van der Waals surface area contributed by atoms with Crippen molar-refractivity contribution < 1.29 is 44.2 Å². The van der Waals surface area contributed by atoms with Crippen LogP contribution in [0.15, 0.2) is 36.4 Å². The minimum absolute atomic E-state index is 0.00293. The Morgan fingerprint density at radius 3 is 2.27 bits per heavy atom. The number of aliphatic hydroxyl groups excluding tert-OH is 2. The van der Waals surface area contributed by atoms with Crippen LogP contribution in [0.3, 0.4) is 0 Å². The number of carbonyl (C=O) groups is 2. The van der Waals surface area contributed by atoms with Crippen molar-refractivity contribution in [2.45, 2.75) is 44.8 Å². The Labute approximate surface area is 192 Å². The van der Waals surface area contributed by atoms with E-state index in [1.165, 1.54) is 32.2 Å². The highest BCUT2D eigenvalue weighted by Gasteiger charge is 2.26. The van der Waals surface area contributed by atoms with E-state index in [0.29, 0.717) is 17.7 Å². The molecule has 0 saturated carbocycles. The van der Waals surface area contributed by atoms with E-state index in [-0.39, 0.29) is 55.5 Å². The molecule has 180 valence electrons. The molecule has 0 saturated heterocycles. The number of hydrogen-bond acceptors (Lipinski definition) is 9. The Kier molecular flexibility index (Phi) is 9.96. The third-order valence-electron chi connectivity index (χ3n) is 4.93. The van der Waals surface area contributed by atoms with E-state index in [1.54, 1.807) is 18.2 Å². The molecule has 2 aromatic carbocycles. The number of rotatable bonds is 13. The van der Waals surface area contributed by atoms with E-state index >= 15 is 0 Å². The molecule has 0 fully saturated rings. The molecule has 0 aliphatic carbocycles. The molecule has 0 unspecified atom stereocenters. The van der Waals surface area contributed by atoms with Crippen LogP contribution in [-0.2, 0) is 27.2 Å². The number of phenolic OH excluding ortho intramolecular Hbond substituents is 2. The maximum Gasteiger partial charge on any atom is 0.303 e. The minimum atomic E-state index is -1.16. The van der Waals surface area contributed by atoms with Gasteiger partial charge < -0.3 is 34.6 Å². The van der Waals surface area contributed by atoms with Gasteiger partial charge in [-0.3, -0.25) is 9.59 Å². The summed E-state index contributed by atoms with van der Waals surface area (Å²) in [7, 11) is 1.44. The molecular weight excluding hydrogens is 432 g/mol. The number of carbonyl (C=O) groups excluding carboxylic acids is 2. The normalized spacial score (nSPS) is 12.6. The van der Waals surface area contributed by atoms with Gasteiger partial charge in [-0.1, -0.05) is 12.1 Å². The molecule has 2 rings (SSSR count). The number of esters is 1. The molecule has 2 aromatic rings. The third kappa shape index (κ3) is 8.28. The minimum Gasteiger partial charge on any atom is -0.504 e. The number of methoxy groups -OCH3 is 1. The van der Waals surface area contributed by atoms with Crippen molar-refractivity contribution in [3.8, 4) is 23.0 Å². The lowest BCUT2D eigenvalue weighted by Gasteiger charge is -2.22. The fourth-order valence-corrected chi connectivity index (χ4v) is 3.29. The second-order valence-corrected chi connectivity index (χ2v) is 7.54. The maximum absolute atomic E-state index is 12.5. The molecular formula is C24H30O9. The van der Waals surface area contributed by atoms with Gasteiger partial charge in [0.25, 0.3) is 0 Å². The topological polar surface area (TPSA) is 143 Å². The first-order chi connectivity index (χ1) is 15.7. The molecule has 0 amide bonds. The zero-order valence-corrected chi connectivity index (χ0v) is 18.7. The lowest BCUT2D eigenvalue weighted by Crippen LogP contribution is -2.34. The fourth-order valence-electron chi connectivity index (χ4n) is 3.29. The summed E-state index contributed by atoms with van der Waals surface area (Å²) in [5.41, 5.74) is 1.39. The zero-order valence-electron chi connectivity index (χ0n) is 18.7. The van der Waals surface area contributed by atoms with Gasteiger partial charge in [0.15, 0.2) is 23.0 Å². The van der Waals surface area contributed by atoms with E-state index in [4.69, 9.17) is 19.3 Å². The van der Waals surface area contributed by atoms with Crippen molar-refractivity contribution in [2.24, 2.45) is 0 Å². The lowest BCUT2D eigenvalue weighted by molar-refractivity contribution is -0.154. The maximum atomic E-state index is 12.5. The molecule has 33 heavy (non-hydrogen) atoms. The number of phenols is 2. The van der Waals surface area contributed by atoms with Gasteiger partial charge in [-0.2, -0.15) is 0 Å². The third-order valence-corrected chi connectivity index (χ3v) is 4.93. The summed E-state index contributed by atoms with van der Waals surface area (Å²) in [6.07, 6.45) is -1.78. The van der Waals surface area contributed by atoms with E-state index in [2.05, 4.69) is 0 Å². The van der Waals surface area contributed by atoms with Crippen molar-refractivity contribution in [1.82, 2.24) is 0 Å². The molecule has 9 nitrogen and oxygen atoms in total. The summed E-state index contributed by atoms with van der Waals surface area (Å²) in [6, 6.07) is 9.30. The standard InChI is InChI=1S/C24H30O9/c1-15(26)33-24(14-18(27)6-3-16-4-7-19(28)22(12-16)31-2)21(30)11-17-5-8-20(29)23(13-17)32-10-9-25/h4-5,7-8,12-13,21,24-25,28-30H,3,6,9-11,14H2,1-2H3/t21-,24+/m1/s1. The number of benzene rings is 2. The molecule has 9 heteroatoms. The summed E-state index contributed by atoms with van der Waals surface area (Å²) in [6.45, 7) is 0.977. The molecule has 0 aliphatic rings. The Balaban J connectivity index is 2.01. The van der Waals surface area contributed by atoms with E-state index in [1.807, 2.05) is 0 Å². The number of Topliss-reactive ketones (excluding diaryl/α,β-unsaturated/α-hetero) is 1. The van der Waals surface area contributed by atoms with E-state index in [9.17, 15) is 24.9 Å². The highest BCUT2D eigenvalue weighted by atomic mass is 16.6. The van der Waals surface area contributed by atoms with Gasteiger partial charge >= 0.3 is 5.97 Å². The van der Waals surface area contributed by atoms with Gasteiger partial charge in [-0.15, -0.1) is 0 Å². The molecule has 0 heterocycles. The zero-order chi connectivity index (χ0) is 24.4. The average molecular weight is 462 g/mol. The summed E-state index contributed by atoms with van der Waals surface area (Å²) >= 11 is 0. The molecule has 0 aliphatic heterocycles. The van der Waals surface area contributed by atoms with Crippen LogP contribution in [0.1, 0.15) is 30.9 Å². The van der Waals surface area contributed by atoms with Crippen LogP contribution >= 0.6 is 0 Å². The number of aryl methyl sites for hydroxylation is 1. The van der Waals surface area contributed by atoms with E-state index in [0.717, 1.165) is 5.56 Å². The van der Waals surface area contributed by atoms with Crippen LogP contribution in [0.25, 0.3) is 0 Å². The summed E-state index contributed by atoms with van der Waals surface area (Å²) < 4.78 is 15.5. The van der Waals surface area contributed by atoms with Crippen LogP contribution in [0.4, 0.5) is 0 Å². The molecule has 4 N–H and O–H groups in total. The van der Waals surface area contributed by atoms with Gasteiger partial charge in [0.05, 0.1) is 19.8 Å². The molecule has 0 radical (unpaired) electrons. The molecule has 0 bridgehead atoms. The van der Waals surface area contributed by atoms with E-state index < -0.39 is 18.2 Å². The average Bonchev–Trinajstić information content (AvgIpc) is 2.78. The second-order valence-electron chi connectivity index (χ2n) is 7.54. The summed E-state index contributed by atoms with van der Waals surface area (Å²) in [5, 5.41) is 39.1. The lowest BCUT2D eigenvalue weighted by atomic mass is 9.97. The number of hydrogen-bond donors (Lipinski definition) is 4. The van der Waals surface area contributed by atoms with Crippen LogP contribution in [-0.4, -0.2) is 64.7 Å². The van der Waals surface area contributed by atoms with Crippen LogP contribution < -0.4 is 9.47 Å². The highest BCUT2D eigenvalue weighted by Crippen LogP contribution is 2.28. The highest BCUT2D eigenvalue weighted by molar-refractivity contribution is 5.79. The van der Waals surface area contributed by atoms with Gasteiger partial charge in [-0.05, 0) is 41.8 Å². The van der Waals surface area contributed by atoms with Crippen molar-refractivity contribution in [2.75, 3.05) is 20.3 Å². The van der Waals surface area contributed by atoms with Crippen molar-refractivity contribution in [1.29, 1.82) is 0 Å². The number of aliphatic hydroxyl groups is 2. The fraction of sp³-hybridized carbons (Fsp3) is 0.417. The van der Waals surface area contributed by atoms with Crippen LogP contribution in [0.5, 0.6) is 23.0 Å². The van der Waals surface area contributed by atoms with Crippen molar-refractivity contribution in [3.63, 3.8) is 0 Å².